The molecule has 0 atom stereocenters. The van der Waals surface area contributed by atoms with E-state index in [-0.39, 0.29) is 24.9 Å². The highest BCUT2D eigenvalue weighted by Crippen LogP contribution is 2.17. The second-order valence-electron chi connectivity index (χ2n) is 4.79. The average Bonchev–Trinajstić information content (AvgIpc) is 2.36. The Morgan fingerprint density at radius 1 is 1.25 bits per heavy atom. The lowest BCUT2D eigenvalue weighted by molar-refractivity contribution is 0.235. The number of carbonyl (C=O) groups is 1. The van der Waals surface area contributed by atoms with Crippen molar-refractivity contribution in [3.8, 4) is 5.75 Å². The standard InChI is InChI=1S/C14H20F2N2O2/c1-10(2)5-6-17-14(19)18-7-8-20-13-4-3-11(15)9-12(13)16/h3-4,9-10H,5-8H2,1-2H3,(H2,17,18,19). The van der Waals surface area contributed by atoms with Crippen molar-refractivity contribution in [2.75, 3.05) is 19.7 Å². The summed E-state index contributed by atoms with van der Waals surface area (Å²) < 4.78 is 31.0. The second-order valence-corrected chi connectivity index (χ2v) is 4.79. The summed E-state index contributed by atoms with van der Waals surface area (Å²) in [5.41, 5.74) is 0. The van der Waals surface area contributed by atoms with Gasteiger partial charge in [-0.1, -0.05) is 13.8 Å². The van der Waals surface area contributed by atoms with Crippen LogP contribution in [0, 0.1) is 17.6 Å². The van der Waals surface area contributed by atoms with Crippen molar-refractivity contribution in [2.24, 2.45) is 5.92 Å². The van der Waals surface area contributed by atoms with Crippen LogP contribution in [-0.4, -0.2) is 25.7 Å². The molecule has 2 amide bonds. The number of urea groups is 1. The van der Waals surface area contributed by atoms with Crippen LogP contribution in [0.4, 0.5) is 13.6 Å². The number of nitrogens with one attached hydrogen (secondary N) is 2. The van der Waals surface area contributed by atoms with Crippen LogP contribution in [0.1, 0.15) is 20.3 Å². The van der Waals surface area contributed by atoms with Crippen molar-refractivity contribution < 1.29 is 18.3 Å². The third-order valence-electron chi connectivity index (χ3n) is 2.55. The zero-order valence-corrected chi connectivity index (χ0v) is 11.7. The fourth-order valence-corrected chi connectivity index (χ4v) is 1.45. The quantitative estimate of drug-likeness (QED) is 0.757. The molecule has 0 saturated carbocycles. The number of halogens is 2. The molecular weight excluding hydrogens is 266 g/mol. The minimum atomic E-state index is -0.758. The summed E-state index contributed by atoms with van der Waals surface area (Å²) in [4.78, 5) is 11.3. The monoisotopic (exact) mass is 286 g/mol. The van der Waals surface area contributed by atoms with Gasteiger partial charge in [0, 0.05) is 12.6 Å². The molecule has 1 aromatic carbocycles. The highest BCUT2D eigenvalue weighted by atomic mass is 19.1. The number of ether oxygens (including phenoxy) is 1. The first-order chi connectivity index (χ1) is 9.49. The molecule has 0 spiro atoms. The highest BCUT2D eigenvalue weighted by molar-refractivity contribution is 5.73. The van der Waals surface area contributed by atoms with E-state index in [1.54, 1.807) is 0 Å². The van der Waals surface area contributed by atoms with Crippen LogP contribution in [0.15, 0.2) is 18.2 Å². The van der Waals surface area contributed by atoms with Crippen molar-refractivity contribution in [1.29, 1.82) is 0 Å². The SMILES string of the molecule is CC(C)CCNC(=O)NCCOc1ccc(F)cc1F. The summed E-state index contributed by atoms with van der Waals surface area (Å²) in [6.07, 6.45) is 0.907. The molecule has 0 aliphatic rings. The third kappa shape index (κ3) is 6.36. The predicted octanol–water partition coefficient (Wildman–Crippen LogP) is 2.69. The lowest BCUT2D eigenvalue weighted by atomic mass is 10.1. The molecule has 0 heterocycles. The number of amides is 2. The number of hydrogen-bond donors (Lipinski definition) is 2. The smallest absolute Gasteiger partial charge is 0.314 e. The minimum absolute atomic E-state index is 0.0339. The molecule has 1 aromatic rings. The lowest BCUT2D eigenvalue weighted by Crippen LogP contribution is -2.38. The van der Waals surface area contributed by atoms with Crippen LogP contribution >= 0.6 is 0 Å². The molecule has 6 heteroatoms. The molecule has 0 radical (unpaired) electrons. The Bertz CT molecular complexity index is 439. The van der Waals surface area contributed by atoms with E-state index >= 15 is 0 Å². The van der Waals surface area contributed by atoms with Gasteiger partial charge in [-0.15, -0.1) is 0 Å². The fourth-order valence-electron chi connectivity index (χ4n) is 1.45. The highest BCUT2D eigenvalue weighted by Gasteiger charge is 2.05. The Balaban J connectivity index is 2.16. The topological polar surface area (TPSA) is 50.4 Å². The Labute approximate surface area is 117 Å². The van der Waals surface area contributed by atoms with Gasteiger partial charge in [0.2, 0.25) is 0 Å². The van der Waals surface area contributed by atoms with E-state index in [1.165, 1.54) is 6.07 Å². The summed E-state index contributed by atoms with van der Waals surface area (Å²) in [5, 5.41) is 5.29. The Hall–Kier alpha value is -1.85. The van der Waals surface area contributed by atoms with Crippen molar-refractivity contribution >= 4 is 6.03 Å². The molecule has 2 N–H and O–H groups in total. The first kappa shape index (κ1) is 16.2. The molecule has 4 nitrogen and oxygen atoms in total. The number of hydrogen-bond acceptors (Lipinski definition) is 2. The van der Waals surface area contributed by atoms with Gasteiger partial charge in [-0.2, -0.15) is 0 Å². The Kier molecular flexibility index (Phi) is 6.76. The summed E-state index contributed by atoms with van der Waals surface area (Å²) in [6, 6.07) is 2.80. The van der Waals surface area contributed by atoms with Gasteiger partial charge in [0.25, 0.3) is 0 Å². The van der Waals surface area contributed by atoms with Crippen LogP contribution in [-0.2, 0) is 0 Å². The largest absolute Gasteiger partial charge is 0.489 e. The van der Waals surface area contributed by atoms with E-state index < -0.39 is 11.6 Å². The molecule has 0 saturated heterocycles. The van der Waals surface area contributed by atoms with Crippen LogP contribution in [0.3, 0.4) is 0 Å². The van der Waals surface area contributed by atoms with Gasteiger partial charge in [0.05, 0.1) is 6.54 Å². The van der Waals surface area contributed by atoms with Gasteiger partial charge in [-0.05, 0) is 24.5 Å². The molecule has 0 aliphatic heterocycles. The van der Waals surface area contributed by atoms with Crippen molar-refractivity contribution in [2.45, 2.75) is 20.3 Å². The van der Waals surface area contributed by atoms with Gasteiger partial charge < -0.3 is 15.4 Å². The van der Waals surface area contributed by atoms with Gasteiger partial charge in [0.15, 0.2) is 11.6 Å². The maximum Gasteiger partial charge on any atom is 0.314 e. The first-order valence-electron chi connectivity index (χ1n) is 6.58. The van der Waals surface area contributed by atoms with Gasteiger partial charge >= 0.3 is 6.03 Å². The van der Waals surface area contributed by atoms with Crippen LogP contribution < -0.4 is 15.4 Å². The normalized spacial score (nSPS) is 10.4. The molecule has 112 valence electrons. The van der Waals surface area contributed by atoms with Crippen LogP contribution in [0.5, 0.6) is 5.75 Å². The Morgan fingerprint density at radius 2 is 1.95 bits per heavy atom. The minimum Gasteiger partial charge on any atom is -0.489 e. The summed E-state index contributed by atoms with van der Waals surface area (Å²) in [7, 11) is 0. The molecule has 20 heavy (non-hydrogen) atoms. The first-order valence-corrected chi connectivity index (χ1v) is 6.58. The van der Waals surface area contributed by atoms with Gasteiger partial charge in [0.1, 0.15) is 12.4 Å². The fraction of sp³-hybridized carbons (Fsp3) is 0.500. The Morgan fingerprint density at radius 3 is 2.60 bits per heavy atom. The van der Waals surface area contributed by atoms with E-state index in [1.807, 2.05) is 0 Å². The van der Waals surface area contributed by atoms with E-state index in [0.29, 0.717) is 12.5 Å². The van der Waals surface area contributed by atoms with E-state index in [9.17, 15) is 13.6 Å². The van der Waals surface area contributed by atoms with E-state index in [2.05, 4.69) is 24.5 Å². The van der Waals surface area contributed by atoms with E-state index in [4.69, 9.17) is 4.74 Å². The summed E-state index contributed by atoms with van der Waals surface area (Å²) in [6.45, 7) is 5.11. The number of benzene rings is 1. The van der Waals surface area contributed by atoms with Gasteiger partial charge in [-0.3, -0.25) is 0 Å². The average molecular weight is 286 g/mol. The molecule has 1 rings (SSSR count). The van der Waals surface area contributed by atoms with E-state index in [0.717, 1.165) is 18.6 Å². The second kappa shape index (κ2) is 8.35. The summed E-state index contributed by atoms with van der Waals surface area (Å²) >= 11 is 0. The third-order valence-corrected chi connectivity index (χ3v) is 2.55. The maximum absolute atomic E-state index is 13.2. The van der Waals surface area contributed by atoms with Crippen LogP contribution in [0.2, 0.25) is 0 Å². The number of carbonyl (C=O) groups excluding carboxylic acids is 1. The van der Waals surface area contributed by atoms with Crippen molar-refractivity contribution in [1.82, 2.24) is 10.6 Å². The van der Waals surface area contributed by atoms with Crippen molar-refractivity contribution in [3.63, 3.8) is 0 Å². The molecule has 0 fully saturated rings. The molecular formula is C14H20F2N2O2. The molecule has 0 bridgehead atoms. The predicted molar refractivity (Wildman–Crippen MR) is 72.7 cm³/mol. The van der Waals surface area contributed by atoms with Gasteiger partial charge in [-0.25, -0.2) is 13.6 Å². The molecule has 0 aromatic heterocycles. The zero-order chi connectivity index (χ0) is 15.0. The lowest BCUT2D eigenvalue weighted by Gasteiger charge is -2.10. The maximum atomic E-state index is 13.2. The summed E-state index contributed by atoms with van der Waals surface area (Å²) in [5.74, 6) is -0.919. The van der Waals surface area contributed by atoms with Crippen molar-refractivity contribution in [3.05, 3.63) is 29.8 Å². The molecule has 0 aliphatic carbocycles. The zero-order valence-electron chi connectivity index (χ0n) is 11.7. The molecule has 0 unspecified atom stereocenters. The van der Waals surface area contributed by atoms with Crippen LogP contribution in [0.25, 0.3) is 0 Å². The number of rotatable bonds is 7.